The van der Waals surface area contributed by atoms with Crippen molar-refractivity contribution in [1.82, 2.24) is 9.62 Å². The van der Waals surface area contributed by atoms with E-state index in [2.05, 4.69) is 5.32 Å². The highest BCUT2D eigenvalue weighted by atomic mass is 32.2. The first-order valence-corrected chi connectivity index (χ1v) is 8.41. The molecule has 0 aliphatic carbocycles. The van der Waals surface area contributed by atoms with Crippen molar-refractivity contribution in [2.24, 2.45) is 0 Å². The molecule has 18 heavy (non-hydrogen) atoms. The Kier molecular flexibility index (Phi) is 7.14. The van der Waals surface area contributed by atoms with Crippen molar-refractivity contribution in [3.05, 3.63) is 0 Å². The number of hydrogen-bond donors (Lipinski definition) is 1. The molecule has 1 fully saturated rings. The van der Waals surface area contributed by atoms with Crippen LogP contribution >= 0.6 is 0 Å². The van der Waals surface area contributed by atoms with E-state index in [1.165, 1.54) is 0 Å². The molecular weight excluding hydrogens is 252 g/mol. The van der Waals surface area contributed by atoms with E-state index in [1.54, 1.807) is 11.4 Å². The maximum absolute atomic E-state index is 12.0. The van der Waals surface area contributed by atoms with E-state index < -0.39 is 10.0 Å². The normalized spacial score (nSPS) is 19.2. The zero-order valence-corrected chi connectivity index (χ0v) is 12.3. The average molecular weight is 278 g/mol. The zero-order chi connectivity index (χ0) is 13.4. The van der Waals surface area contributed by atoms with Crippen LogP contribution in [0, 0.1) is 0 Å². The van der Waals surface area contributed by atoms with E-state index in [0.29, 0.717) is 31.5 Å². The van der Waals surface area contributed by atoms with Crippen LogP contribution in [-0.2, 0) is 14.8 Å². The molecule has 1 saturated heterocycles. The van der Waals surface area contributed by atoms with Gasteiger partial charge in [0.25, 0.3) is 0 Å². The third-order valence-electron chi connectivity index (χ3n) is 3.34. The lowest BCUT2D eigenvalue weighted by molar-refractivity contribution is 0.189. The van der Waals surface area contributed by atoms with Crippen LogP contribution in [0.1, 0.15) is 32.6 Å². The van der Waals surface area contributed by atoms with E-state index in [0.717, 1.165) is 32.2 Å². The molecule has 0 unspecified atom stereocenters. The molecule has 5 nitrogen and oxygen atoms in total. The van der Waals surface area contributed by atoms with E-state index in [1.807, 2.05) is 6.92 Å². The van der Waals surface area contributed by atoms with E-state index >= 15 is 0 Å². The fraction of sp³-hybridized carbons (Fsp3) is 1.00. The number of unbranched alkanes of at least 4 members (excludes halogenated alkanes) is 1. The van der Waals surface area contributed by atoms with Gasteiger partial charge >= 0.3 is 0 Å². The van der Waals surface area contributed by atoms with Crippen LogP contribution in [0.5, 0.6) is 0 Å². The fourth-order valence-electron chi connectivity index (χ4n) is 2.16. The van der Waals surface area contributed by atoms with Crippen molar-refractivity contribution < 1.29 is 13.2 Å². The first kappa shape index (κ1) is 15.9. The Morgan fingerprint density at radius 1 is 1.33 bits per heavy atom. The largest absolute Gasteiger partial charge is 0.383 e. The van der Waals surface area contributed by atoms with Gasteiger partial charge in [-0.25, -0.2) is 12.7 Å². The molecule has 0 amide bonds. The Balaban J connectivity index is 2.30. The molecule has 1 aliphatic rings. The van der Waals surface area contributed by atoms with Gasteiger partial charge in [0.15, 0.2) is 0 Å². The summed E-state index contributed by atoms with van der Waals surface area (Å²) in [5, 5.41) is 3.39. The molecule has 1 heterocycles. The van der Waals surface area contributed by atoms with Gasteiger partial charge in [0, 0.05) is 32.8 Å². The van der Waals surface area contributed by atoms with Crippen molar-refractivity contribution in [3.8, 4) is 0 Å². The second-order valence-electron chi connectivity index (χ2n) is 4.79. The Morgan fingerprint density at radius 2 is 2.00 bits per heavy atom. The van der Waals surface area contributed by atoms with E-state index in [-0.39, 0.29) is 0 Å². The monoisotopic (exact) mass is 278 g/mol. The molecule has 1 rings (SSSR count). The number of ether oxygens (including phenoxy) is 1. The summed E-state index contributed by atoms with van der Waals surface area (Å²) >= 11 is 0. The van der Waals surface area contributed by atoms with Gasteiger partial charge in [0.05, 0.1) is 12.4 Å². The SMILES string of the molecule is CCCCS(=O)(=O)N1CCC(NCCOC)CC1. The molecular formula is C12H26N2O3S. The molecule has 0 aromatic carbocycles. The van der Waals surface area contributed by atoms with Gasteiger partial charge in [-0.3, -0.25) is 0 Å². The molecule has 0 aromatic rings. The molecule has 1 N–H and O–H groups in total. The van der Waals surface area contributed by atoms with Crippen LogP contribution in [0.3, 0.4) is 0 Å². The topological polar surface area (TPSA) is 58.6 Å². The quantitative estimate of drug-likeness (QED) is 0.668. The minimum atomic E-state index is -3.01. The lowest BCUT2D eigenvalue weighted by Gasteiger charge is -2.31. The molecule has 0 bridgehead atoms. The van der Waals surface area contributed by atoms with E-state index in [9.17, 15) is 8.42 Å². The summed E-state index contributed by atoms with van der Waals surface area (Å²) in [6.45, 7) is 4.85. The molecule has 0 saturated carbocycles. The average Bonchev–Trinajstić information content (AvgIpc) is 2.37. The molecule has 0 aromatic heterocycles. The number of hydrogen-bond acceptors (Lipinski definition) is 4. The summed E-state index contributed by atoms with van der Waals surface area (Å²) in [6.07, 6.45) is 3.48. The fourth-order valence-corrected chi connectivity index (χ4v) is 3.84. The number of nitrogens with one attached hydrogen (secondary N) is 1. The molecule has 6 heteroatoms. The predicted octanol–water partition coefficient (Wildman–Crippen LogP) is 0.817. The Morgan fingerprint density at radius 3 is 2.56 bits per heavy atom. The minimum absolute atomic E-state index is 0.297. The van der Waals surface area contributed by atoms with Gasteiger partial charge in [0.1, 0.15) is 0 Å². The van der Waals surface area contributed by atoms with Crippen molar-refractivity contribution in [2.75, 3.05) is 39.1 Å². The predicted molar refractivity (Wildman–Crippen MR) is 73.2 cm³/mol. The molecule has 1 aliphatic heterocycles. The number of piperidine rings is 1. The van der Waals surface area contributed by atoms with Crippen molar-refractivity contribution in [2.45, 2.75) is 38.6 Å². The summed E-state index contributed by atoms with van der Waals surface area (Å²) in [7, 11) is -1.33. The zero-order valence-electron chi connectivity index (χ0n) is 11.5. The van der Waals surface area contributed by atoms with Crippen molar-refractivity contribution in [1.29, 1.82) is 0 Å². The number of sulfonamides is 1. The molecule has 0 atom stereocenters. The van der Waals surface area contributed by atoms with E-state index in [4.69, 9.17) is 4.74 Å². The van der Waals surface area contributed by atoms with Crippen LogP contribution in [0.25, 0.3) is 0 Å². The standard InChI is InChI=1S/C12H26N2O3S/c1-3-4-11-18(15,16)14-8-5-12(6-9-14)13-7-10-17-2/h12-13H,3-11H2,1-2H3. The van der Waals surface area contributed by atoms with Crippen LogP contribution in [-0.4, -0.2) is 57.9 Å². The maximum Gasteiger partial charge on any atom is 0.214 e. The summed E-state index contributed by atoms with van der Waals surface area (Å²) in [4.78, 5) is 0. The highest BCUT2D eigenvalue weighted by Crippen LogP contribution is 2.15. The van der Waals surface area contributed by atoms with Gasteiger partial charge in [-0.15, -0.1) is 0 Å². The van der Waals surface area contributed by atoms with Gasteiger partial charge < -0.3 is 10.1 Å². The summed E-state index contributed by atoms with van der Waals surface area (Å²) in [6, 6.07) is 0.428. The highest BCUT2D eigenvalue weighted by molar-refractivity contribution is 7.89. The Labute approximate surface area is 111 Å². The summed E-state index contributed by atoms with van der Waals surface area (Å²) < 4.78 is 30.6. The second kappa shape index (κ2) is 8.09. The van der Waals surface area contributed by atoms with Crippen molar-refractivity contribution in [3.63, 3.8) is 0 Å². The second-order valence-corrected chi connectivity index (χ2v) is 6.88. The van der Waals surface area contributed by atoms with Crippen LogP contribution in [0.2, 0.25) is 0 Å². The lowest BCUT2D eigenvalue weighted by Crippen LogP contribution is -2.46. The lowest BCUT2D eigenvalue weighted by atomic mass is 10.1. The Hall–Kier alpha value is -0.170. The summed E-state index contributed by atoms with van der Waals surface area (Å²) in [5.41, 5.74) is 0. The van der Waals surface area contributed by atoms with Crippen LogP contribution < -0.4 is 5.32 Å². The molecule has 0 radical (unpaired) electrons. The van der Waals surface area contributed by atoms with Crippen LogP contribution in [0.15, 0.2) is 0 Å². The number of rotatable bonds is 8. The smallest absolute Gasteiger partial charge is 0.214 e. The number of methoxy groups -OCH3 is 1. The minimum Gasteiger partial charge on any atom is -0.383 e. The molecule has 108 valence electrons. The first-order chi connectivity index (χ1) is 8.60. The Bertz CT molecular complexity index is 311. The third kappa shape index (κ3) is 5.22. The highest BCUT2D eigenvalue weighted by Gasteiger charge is 2.26. The van der Waals surface area contributed by atoms with Gasteiger partial charge in [0.2, 0.25) is 10.0 Å². The van der Waals surface area contributed by atoms with Gasteiger partial charge in [-0.2, -0.15) is 0 Å². The third-order valence-corrected chi connectivity index (χ3v) is 5.30. The number of nitrogens with zero attached hydrogens (tertiary/aromatic N) is 1. The first-order valence-electron chi connectivity index (χ1n) is 6.80. The van der Waals surface area contributed by atoms with Crippen molar-refractivity contribution >= 4 is 10.0 Å². The van der Waals surface area contributed by atoms with Gasteiger partial charge in [-0.05, 0) is 19.3 Å². The van der Waals surface area contributed by atoms with Gasteiger partial charge in [-0.1, -0.05) is 13.3 Å². The van der Waals surface area contributed by atoms with Crippen LogP contribution in [0.4, 0.5) is 0 Å². The molecule has 0 spiro atoms. The maximum atomic E-state index is 12.0. The summed E-state index contributed by atoms with van der Waals surface area (Å²) in [5.74, 6) is 0.297.